The van der Waals surface area contributed by atoms with E-state index < -0.39 is 18.0 Å². The summed E-state index contributed by atoms with van der Waals surface area (Å²) in [7, 11) is 1.75. The van der Waals surface area contributed by atoms with Crippen LogP contribution in [0.25, 0.3) is 11.1 Å². The van der Waals surface area contributed by atoms with E-state index in [4.69, 9.17) is 4.74 Å². The molecule has 1 fully saturated rings. The lowest BCUT2D eigenvalue weighted by molar-refractivity contribution is -0.132. The molecule has 2 unspecified atom stereocenters. The van der Waals surface area contributed by atoms with Crippen molar-refractivity contribution in [2.24, 2.45) is 0 Å². The van der Waals surface area contributed by atoms with Gasteiger partial charge in [0.25, 0.3) is 11.8 Å². The van der Waals surface area contributed by atoms with Crippen LogP contribution in [-0.4, -0.2) is 55.6 Å². The summed E-state index contributed by atoms with van der Waals surface area (Å²) in [6.07, 6.45) is 0.212. The Balaban J connectivity index is 1.45. The first-order chi connectivity index (χ1) is 15.5. The number of carbonyl (C=O) groups is 2. The maximum absolute atomic E-state index is 14.9. The molecular formula is C24H25FN4O3. The van der Waals surface area contributed by atoms with E-state index in [9.17, 15) is 19.2 Å². The molecule has 2 N–H and O–H groups in total. The van der Waals surface area contributed by atoms with Gasteiger partial charge in [-0.2, -0.15) is 5.26 Å². The number of hydrogen-bond acceptors (Lipinski definition) is 5. The van der Waals surface area contributed by atoms with Crippen LogP contribution in [0.5, 0.6) is 0 Å². The Kier molecular flexibility index (Phi) is 6.49. The van der Waals surface area contributed by atoms with E-state index in [0.717, 1.165) is 24.1 Å². The summed E-state index contributed by atoms with van der Waals surface area (Å²) >= 11 is 0. The second kappa shape index (κ2) is 9.47. The van der Waals surface area contributed by atoms with Crippen molar-refractivity contribution in [2.45, 2.75) is 31.5 Å². The van der Waals surface area contributed by atoms with Gasteiger partial charge in [0.2, 0.25) is 0 Å². The third-order valence-electron chi connectivity index (χ3n) is 5.81. The smallest absolute Gasteiger partial charge is 0.254 e. The fraction of sp³-hybridized carbons (Fsp3) is 0.375. The summed E-state index contributed by atoms with van der Waals surface area (Å²) in [6, 6.07) is 11.5. The van der Waals surface area contributed by atoms with Crippen LogP contribution in [0, 0.1) is 17.1 Å². The number of hydrogen-bond donors (Lipinski definition) is 2. The van der Waals surface area contributed by atoms with Crippen LogP contribution in [0.3, 0.4) is 0 Å². The number of halogens is 1. The molecule has 2 aliphatic heterocycles. The highest BCUT2D eigenvalue weighted by Gasteiger charge is 2.25. The number of carbonyl (C=O) groups excluding carboxylic acids is 2. The van der Waals surface area contributed by atoms with Crippen molar-refractivity contribution in [2.75, 3.05) is 26.7 Å². The first-order valence-electron chi connectivity index (χ1n) is 10.7. The molecule has 2 heterocycles. The average molecular weight is 436 g/mol. The Labute approximate surface area is 186 Å². The standard InChI is InChI=1S/C24H25FN4O3/c1-29-14-18-9-15(5-6-20(18)24(29)31)16-3-4-17(21(25)11-16)10-19(12-26)28-23(30)22-13-27-7-2-8-32-22/h3-6,9,11,19,22,27H,2,7-8,10,13-14H2,1H3,(H,28,30). The van der Waals surface area contributed by atoms with Gasteiger partial charge in [-0.15, -0.1) is 0 Å². The molecule has 1 saturated heterocycles. The third kappa shape index (κ3) is 4.64. The molecule has 32 heavy (non-hydrogen) atoms. The largest absolute Gasteiger partial charge is 0.367 e. The first kappa shape index (κ1) is 21.9. The summed E-state index contributed by atoms with van der Waals surface area (Å²) in [6.45, 7) is 2.17. The zero-order valence-corrected chi connectivity index (χ0v) is 17.9. The van der Waals surface area contributed by atoms with Crippen molar-refractivity contribution < 1.29 is 18.7 Å². The molecule has 7 nitrogen and oxygen atoms in total. The van der Waals surface area contributed by atoms with Crippen molar-refractivity contribution in [1.82, 2.24) is 15.5 Å². The molecule has 2 atom stereocenters. The SMILES string of the molecule is CN1Cc2cc(-c3ccc(CC(C#N)NC(=O)C4CNCCCO4)c(F)c3)ccc2C1=O. The molecule has 0 spiro atoms. The van der Waals surface area contributed by atoms with Gasteiger partial charge in [0.05, 0.1) is 6.07 Å². The topological polar surface area (TPSA) is 94.5 Å². The molecule has 4 rings (SSSR count). The van der Waals surface area contributed by atoms with Crippen molar-refractivity contribution in [3.05, 3.63) is 58.9 Å². The minimum Gasteiger partial charge on any atom is -0.367 e. The normalized spacial score (nSPS) is 19.1. The minimum absolute atomic E-state index is 0.0114. The van der Waals surface area contributed by atoms with Crippen LogP contribution < -0.4 is 10.6 Å². The molecule has 2 aliphatic rings. The molecule has 2 aromatic rings. The Morgan fingerprint density at radius 2 is 2.12 bits per heavy atom. The molecule has 166 valence electrons. The molecule has 0 aromatic heterocycles. The summed E-state index contributed by atoms with van der Waals surface area (Å²) < 4.78 is 20.4. The third-order valence-corrected chi connectivity index (χ3v) is 5.81. The fourth-order valence-corrected chi connectivity index (χ4v) is 4.03. The van der Waals surface area contributed by atoms with Crippen LogP contribution in [0.15, 0.2) is 36.4 Å². The second-order valence-electron chi connectivity index (χ2n) is 8.15. The van der Waals surface area contributed by atoms with E-state index in [1.807, 2.05) is 18.2 Å². The van der Waals surface area contributed by atoms with Crippen LogP contribution in [0.4, 0.5) is 4.39 Å². The second-order valence-corrected chi connectivity index (χ2v) is 8.15. The van der Waals surface area contributed by atoms with Gasteiger partial charge in [0.15, 0.2) is 0 Å². The number of fused-ring (bicyclic) bond motifs is 1. The zero-order chi connectivity index (χ0) is 22.7. The predicted octanol–water partition coefficient (Wildman–Crippen LogP) is 2.01. The number of ether oxygens (including phenoxy) is 1. The highest BCUT2D eigenvalue weighted by molar-refractivity contribution is 5.98. The van der Waals surface area contributed by atoms with Crippen LogP contribution >= 0.6 is 0 Å². The van der Waals surface area contributed by atoms with Crippen molar-refractivity contribution in [3.63, 3.8) is 0 Å². The Hall–Kier alpha value is -3.28. The number of nitrogens with one attached hydrogen (secondary N) is 2. The lowest BCUT2D eigenvalue weighted by atomic mass is 9.97. The predicted molar refractivity (Wildman–Crippen MR) is 116 cm³/mol. The molecule has 2 amide bonds. The lowest BCUT2D eigenvalue weighted by Gasteiger charge is -2.18. The summed E-state index contributed by atoms with van der Waals surface area (Å²) in [4.78, 5) is 26.1. The van der Waals surface area contributed by atoms with E-state index in [0.29, 0.717) is 36.4 Å². The van der Waals surface area contributed by atoms with Crippen LogP contribution in [0.1, 0.15) is 27.9 Å². The van der Waals surface area contributed by atoms with E-state index in [2.05, 4.69) is 10.6 Å². The van der Waals surface area contributed by atoms with Gasteiger partial charge >= 0.3 is 0 Å². The highest BCUT2D eigenvalue weighted by Crippen LogP contribution is 2.29. The Bertz CT molecular complexity index is 1070. The molecule has 2 aromatic carbocycles. The molecule has 8 heteroatoms. The summed E-state index contributed by atoms with van der Waals surface area (Å²) in [5.74, 6) is -0.832. The fourth-order valence-electron chi connectivity index (χ4n) is 4.03. The van der Waals surface area contributed by atoms with Gasteiger partial charge in [0, 0.05) is 38.7 Å². The van der Waals surface area contributed by atoms with E-state index in [-0.39, 0.29) is 18.2 Å². The number of rotatable bonds is 5. The lowest BCUT2D eigenvalue weighted by Crippen LogP contribution is -2.46. The summed E-state index contributed by atoms with van der Waals surface area (Å²) in [5, 5.41) is 15.2. The molecular weight excluding hydrogens is 411 g/mol. The van der Waals surface area contributed by atoms with Gasteiger partial charge in [-0.05, 0) is 53.4 Å². The zero-order valence-electron chi connectivity index (χ0n) is 17.9. The monoisotopic (exact) mass is 436 g/mol. The molecule has 0 aliphatic carbocycles. The highest BCUT2D eigenvalue weighted by atomic mass is 19.1. The Morgan fingerprint density at radius 3 is 2.91 bits per heavy atom. The number of nitriles is 1. The maximum atomic E-state index is 14.9. The van der Waals surface area contributed by atoms with E-state index >= 15 is 0 Å². The van der Waals surface area contributed by atoms with Gasteiger partial charge in [-0.3, -0.25) is 9.59 Å². The maximum Gasteiger partial charge on any atom is 0.254 e. The average Bonchev–Trinajstić information content (AvgIpc) is 2.97. The van der Waals surface area contributed by atoms with Crippen LogP contribution in [-0.2, 0) is 22.5 Å². The van der Waals surface area contributed by atoms with Gasteiger partial charge in [0.1, 0.15) is 18.0 Å². The minimum atomic E-state index is -0.865. The van der Waals surface area contributed by atoms with E-state index in [1.54, 1.807) is 30.1 Å². The number of benzene rings is 2. The summed E-state index contributed by atoms with van der Waals surface area (Å²) in [5.41, 5.74) is 3.44. The van der Waals surface area contributed by atoms with Gasteiger partial charge in [-0.25, -0.2) is 4.39 Å². The van der Waals surface area contributed by atoms with Gasteiger partial charge < -0.3 is 20.3 Å². The van der Waals surface area contributed by atoms with Crippen molar-refractivity contribution >= 4 is 11.8 Å². The quantitative estimate of drug-likeness (QED) is 0.748. The Morgan fingerprint density at radius 1 is 1.34 bits per heavy atom. The van der Waals surface area contributed by atoms with E-state index in [1.165, 1.54) is 6.07 Å². The number of amides is 2. The molecule has 0 bridgehead atoms. The molecule has 0 radical (unpaired) electrons. The van der Waals surface area contributed by atoms with Crippen LogP contribution in [0.2, 0.25) is 0 Å². The molecule has 0 saturated carbocycles. The van der Waals surface area contributed by atoms with Gasteiger partial charge in [-0.1, -0.05) is 18.2 Å². The first-order valence-corrected chi connectivity index (χ1v) is 10.7. The van der Waals surface area contributed by atoms with Crippen molar-refractivity contribution in [3.8, 4) is 17.2 Å². The van der Waals surface area contributed by atoms with Crippen molar-refractivity contribution in [1.29, 1.82) is 5.26 Å². The number of nitrogens with zero attached hydrogens (tertiary/aromatic N) is 2.